The first-order valence-corrected chi connectivity index (χ1v) is 11.3. The quantitative estimate of drug-likeness (QED) is 0.366. The summed E-state index contributed by atoms with van der Waals surface area (Å²) < 4.78 is 24.1. The summed E-state index contributed by atoms with van der Waals surface area (Å²) in [6, 6.07) is 16.4. The Morgan fingerprint density at radius 3 is 2.68 bits per heavy atom. The number of amides is 2. The zero-order valence-electron chi connectivity index (χ0n) is 18.2. The van der Waals surface area contributed by atoms with E-state index in [2.05, 4.69) is 20.8 Å². The van der Waals surface area contributed by atoms with E-state index >= 15 is 0 Å². The first-order valence-electron chi connectivity index (χ1n) is 10.5. The number of amidine groups is 1. The molecule has 10 heteroatoms. The van der Waals surface area contributed by atoms with E-state index < -0.39 is 5.25 Å². The second-order valence-corrected chi connectivity index (χ2v) is 8.36. The Labute approximate surface area is 199 Å². The van der Waals surface area contributed by atoms with E-state index in [0.717, 1.165) is 17.3 Å². The number of ether oxygens (including phenoxy) is 1. The molecule has 1 aromatic heterocycles. The standard InChI is InChI=1S/C24H21FN4O4S/c1-2-32-18-9-7-17(8-10-18)27-22(30)13-21-23(31)28-24(34-21)29-26-14-19-11-12-20(33-19)15-3-5-16(25)6-4-15/h3-12,14,21H,2,13H2,1H3,(H,27,30)(H,28,29,31)/b26-14+. The highest BCUT2D eigenvalue weighted by molar-refractivity contribution is 8.15. The minimum atomic E-state index is -0.606. The highest BCUT2D eigenvalue weighted by atomic mass is 32.2. The van der Waals surface area contributed by atoms with Gasteiger partial charge in [-0.15, -0.1) is 5.10 Å². The summed E-state index contributed by atoms with van der Waals surface area (Å²) >= 11 is 1.13. The second kappa shape index (κ2) is 10.8. The van der Waals surface area contributed by atoms with Gasteiger partial charge >= 0.3 is 0 Å². The number of rotatable bonds is 8. The van der Waals surface area contributed by atoms with Crippen LogP contribution in [0.5, 0.6) is 5.75 Å². The van der Waals surface area contributed by atoms with Gasteiger partial charge in [0, 0.05) is 17.7 Å². The smallest absolute Gasteiger partial charge is 0.240 e. The Morgan fingerprint density at radius 1 is 1.18 bits per heavy atom. The van der Waals surface area contributed by atoms with Crippen molar-refractivity contribution in [3.8, 4) is 17.1 Å². The maximum absolute atomic E-state index is 13.1. The Hall–Kier alpha value is -3.92. The van der Waals surface area contributed by atoms with Crippen LogP contribution in [-0.2, 0) is 9.59 Å². The Bertz CT molecular complexity index is 1220. The number of nitrogens with zero attached hydrogens (tertiary/aromatic N) is 2. The van der Waals surface area contributed by atoms with Crippen molar-refractivity contribution in [2.75, 3.05) is 11.9 Å². The molecule has 0 radical (unpaired) electrons. The predicted molar refractivity (Wildman–Crippen MR) is 130 cm³/mol. The monoisotopic (exact) mass is 480 g/mol. The molecule has 1 fully saturated rings. The number of furan rings is 1. The summed E-state index contributed by atoms with van der Waals surface area (Å²) in [5.41, 5.74) is 1.35. The lowest BCUT2D eigenvalue weighted by Crippen LogP contribution is -2.28. The zero-order valence-corrected chi connectivity index (χ0v) is 19.0. The van der Waals surface area contributed by atoms with E-state index in [1.165, 1.54) is 18.3 Å². The topological polar surface area (TPSA) is 105 Å². The molecule has 2 aromatic carbocycles. The third-order valence-corrected chi connectivity index (χ3v) is 5.76. The van der Waals surface area contributed by atoms with Crippen LogP contribution in [0.2, 0.25) is 0 Å². The lowest BCUT2D eigenvalue weighted by molar-refractivity contribution is -0.122. The van der Waals surface area contributed by atoms with Crippen LogP contribution in [0, 0.1) is 5.82 Å². The molecule has 1 atom stereocenters. The Balaban J connectivity index is 1.29. The number of anilines is 1. The van der Waals surface area contributed by atoms with Crippen molar-refractivity contribution in [2.24, 2.45) is 10.2 Å². The number of carbonyl (C=O) groups is 2. The lowest BCUT2D eigenvalue weighted by Gasteiger charge is -2.08. The summed E-state index contributed by atoms with van der Waals surface area (Å²) in [6.07, 6.45) is 1.39. The van der Waals surface area contributed by atoms with Crippen LogP contribution in [0.15, 0.2) is 75.3 Å². The van der Waals surface area contributed by atoms with Gasteiger partial charge in [-0.25, -0.2) is 4.39 Å². The number of hydrogen-bond donors (Lipinski definition) is 2. The average Bonchev–Trinajstić information content (AvgIpc) is 3.42. The molecular formula is C24H21FN4O4S. The maximum Gasteiger partial charge on any atom is 0.240 e. The fraction of sp³-hybridized carbons (Fsp3) is 0.167. The van der Waals surface area contributed by atoms with Crippen LogP contribution < -0.4 is 15.4 Å². The van der Waals surface area contributed by atoms with E-state index in [9.17, 15) is 14.0 Å². The number of benzene rings is 2. The average molecular weight is 481 g/mol. The van der Waals surface area contributed by atoms with Gasteiger partial charge in [0.1, 0.15) is 28.3 Å². The Morgan fingerprint density at radius 2 is 1.94 bits per heavy atom. The lowest BCUT2D eigenvalue weighted by atomic mass is 10.2. The molecule has 1 unspecified atom stereocenters. The van der Waals surface area contributed by atoms with Gasteiger partial charge < -0.3 is 19.8 Å². The van der Waals surface area contributed by atoms with Crippen molar-refractivity contribution in [1.82, 2.24) is 5.32 Å². The molecule has 174 valence electrons. The summed E-state index contributed by atoms with van der Waals surface area (Å²) in [6.45, 7) is 2.46. The van der Waals surface area contributed by atoms with E-state index in [0.29, 0.717) is 34.7 Å². The molecule has 2 N–H and O–H groups in total. The minimum absolute atomic E-state index is 0.00827. The van der Waals surface area contributed by atoms with E-state index in [4.69, 9.17) is 9.15 Å². The number of halogens is 1. The minimum Gasteiger partial charge on any atom is -0.494 e. The highest BCUT2D eigenvalue weighted by Gasteiger charge is 2.32. The molecule has 0 aliphatic carbocycles. The summed E-state index contributed by atoms with van der Waals surface area (Å²) in [5.74, 6) is 0.813. The normalized spacial score (nSPS) is 16.7. The molecule has 0 spiro atoms. The fourth-order valence-corrected chi connectivity index (χ4v) is 4.02. The summed E-state index contributed by atoms with van der Waals surface area (Å²) in [7, 11) is 0. The van der Waals surface area contributed by atoms with Gasteiger partial charge in [-0.2, -0.15) is 5.10 Å². The van der Waals surface area contributed by atoms with Crippen LogP contribution in [0.25, 0.3) is 11.3 Å². The van der Waals surface area contributed by atoms with Gasteiger partial charge in [-0.05, 0) is 67.6 Å². The number of thioether (sulfide) groups is 1. The molecule has 34 heavy (non-hydrogen) atoms. The first-order chi connectivity index (χ1) is 16.5. The summed E-state index contributed by atoms with van der Waals surface area (Å²) in [5, 5.41) is 13.0. The highest BCUT2D eigenvalue weighted by Crippen LogP contribution is 2.24. The molecule has 8 nitrogen and oxygen atoms in total. The van der Waals surface area contributed by atoms with Crippen LogP contribution in [-0.4, -0.2) is 35.1 Å². The molecule has 3 aromatic rings. The van der Waals surface area contributed by atoms with E-state index in [1.54, 1.807) is 48.5 Å². The van der Waals surface area contributed by atoms with Crippen molar-refractivity contribution < 1.29 is 23.1 Å². The maximum atomic E-state index is 13.1. The molecule has 1 aliphatic heterocycles. The number of hydrogen-bond acceptors (Lipinski definition) is 7. The first kappa shape index (κ1) is 23.2. The van der Waals surface area contributed by atoms with Gasteiger partial charge in [-0.1, -0.05) is 11.8 Å². The molecule has 1 saturated heterocycles. The number of carbonyl (C=O) groups excluding carboxylic acids is 2. The van der Waals surface area contributed by atoms with Gasteiger partial charge in [-0.3, -0.25) is 9.59 Å². The van der Waals surface area contributed by atoms with Gasteiger partial charge in [0.2, 0.25) is 11.8 Å². The number of nitrogens with one attached hydrogen (secondary N) is 2. The fourth-order valence-electron chi connectivity index (χ4n) is 3.10. The SMILES string of the molecule is CCOc1ccc(NC(=O)CC2S/C(=N\N=C\c3ccc(-c4ccc(F)cc4)o3)NC2=O)cc1. The van der Waals surface area contributed by atoms with Crippen molar-refractivity contribution >= 4 is 40.6 Å². The van der Waals surface area contributed by atoms with Crippen LogP contribution in [0.1, 0.15) is 19.1 Å². The third kappa shape index (κ3) is 6.10. The largest absolute Gasteiger partial charge is 0.494 e. The van der Waals surface area contributed by atoms with Crippen molar-refractivity contribution in [2.45, 2.75) is 18.6 Å². The molecular weight excluding hydrogens is 459 g/mol. The molecule has 2 heterocycles. The molecule has 0 saturated carbocycles. The molecule has 4 rings (SSSR count). The van der Waals surface area contributed by atoms with Crippen molar-refractivity contribution in [1.29, 1.82) is 0 Å². The predicted octanol–water partition coefficient (Wildman–Crippen LogP) is 4.43. The Kier molecular flexibility index (Phi) is 7.38. The summed E-state index contributed by atoms with van der Waals surface area (Å²) in [4.78, 5) is 24.5. The van der Waals surface area contributed by atoms with Crippen LogP contribution >= 0.6 is 11.8 Å². The van der Waals surface area contributed by atoms with Gasteiger partial charge in [0.05, 0.1) is 12.8 Å². The third-order valence-electron chi connectivity index (χ3n) is 4.69. The van der Waals surface area contributed by atoms with E-state index in [1.807, 2.05) is 6.92 Å². The van der Waals surface area contributed by atoms with Crippen molar-refractivity contribution in [3.05, 3.63) is 72.2 Å². The van der Waals surface area contributed by atoms with Crippen molar-refractivity contribution in [3.63, 3.8) is 0 Å². The molecule has 1 aliphatic rings. The zero-order chi connectivity index (χ0) is 23.9. The van der Waals surface area contributed by atoms with Crippen LogP contribution in [0.4, 0.5) is 10.1 Å². The van der Waals surface area contributed by atoms with Crippen LogP contribution in [0.3, 0.4) is 0 Å². The second-order valence-electron chi connectivity index (χ2n) is 7.16. The molecule has 0 bridgehead atoms. The van der Waals surface area contributed by atoms with E-state index in [-0.39, 0.29) is 24.1 Å². The van der Waals surface area contributed by atoms with Gasteiger partial charge in [0.15, 0.2) is 5.17 Å². The molecule has 2 amide bonds. The van der Waals surface area contributed by atoms with Gasteiger partial charge in [0.25, 0.3) is 0 Å².